The Labute approximate surface area is 189 Å². The van der Waals surface area contributed by atoms with E-state index in [4.69, 9.17) is 0 Å². The van der Waals surface area contributed by atoms with E-state index in [1.807, 2.05) is 11.3 Å². The third kappa shape index (κ3) is 2.69. The summed E-state index contributed by atoms with van der Waals surface area (Å²) >= 11 is 6.41. The molecule has 0 bridgehead atoms. The lowest BCUT2D eigenvalue weighted by Crippen LogP contribution is -1.79. The van der Waals surface area contributed by atoms with Crippen LogP contribution in [0.3, 0.4) is 0 Å². The van der Waals surface area contributed by atoms with Gasteiger partial charge in [-0.1, -0.05) is 29.8 Å². The minimum Gasteiger partial charge on any atom is -0.143 e. The van der Waals surface area contributed by atoms with Gasteiger partial charge >= 0.3 is 0 Å². The Bertz CT molecular complexity index is 1720. The highest BCUT2D eigenvalue weighted by molar-refractivity contribution is 7.80. The van der Waals surface area contributed by atoms with Gasteiger partial charge < -0.3 is 0 Å². The van der Waals surface area contributed by atoms with Crippen molar-refractivity contribution in [1.29, 1.82) is 0 Å². The zero-order chi connectivity index (χ0) is 20.7. The normalized spacial score (nSPS) is 12.2. The van der Waals surface area contributed by atoms with Crippen molar-refractivity contribution in [3.63, 3.8) is 0 Å². The van der Waals surface area contributed by atoms with E-state index in [2.05, 4.69) is 104 Å². The minimum absolute atomic E-state index is 1.00. The number of hydrogen-bond donors (Lipinski definition) is 1. The number of fused-ring (bicyclic) bond motifs is 7. The fourth-order valence-corrected chi connectivity index (χ4v) is 6.25. The predicted molar refractivity (Wildman–Crippen MR) is 141 cm³/mol. The lowest BCUT2D eigenvalue weighted by molar-refractivity contribution is 1.51. The summed E-state index contributed by atoms with van der Waals surface area (Å²) in [5.41, 5.74) is 1.30. The standard InChI is InChI=1S/C29H18S2/c1-16-2-3-17-7-23-14-28-26(12-21(23)9-19(17)6-16)27-13-22-10-20-11-25(30)5-4-18(20)8-24(22)15-29(27)31-28/h2-15,30H,1H3. The summed E-state index contributed by atoms with van der Waals surface area (Å²) in [6.45, 7) is 2.16. The largest absolute Gasteiger partial charge is 0.143 e. The zero-order valence-corrected chi connectivity index (χ0v) is 18.6. The van der Waals surface area contributed by atoms with Crippen LogP contribution in [0.5, 0.6) is 0 Å². The molecule has 6 aromatic carbocycles. The molecule has 0 radical (unpaired) electrons. The molecule has 0 spiro atoms. The zero-order valence-electron chi connectivity index (χ0n) is 16.9. The van der Waals surface area contributed by atoms with Crippen LogP contribution in [0.2, 0.25) is 0 Å². The van der Waals surface area contributed by atoms with Gasteiger partial charge in [0.15, 0.2) is 0 Å². The van der Waals surface area contributed by atoms with Crippen LogP contribution < -0.4 is 0 Å². The molecular formula is C29H18S2. The maximum atomic E-state index is 4.52. The van der Waals surface area contributed by atoms with Crippen molar-refractivity contribution in [1.82, 2.24) is 0 Å². The number of hydrogen-bond acceptors (Lipinski definition) is 2. The molecule has 0 fully saturated rings. The van der Waals surface area contributed by atoms with Crippen LogP contribution in [0.4, 0.5) is 0 Å². The van der Waals surface area contributed by atoms with Gasteiger partial charge in [0.1, 0.15) is 0 Å². The van der Waals surface area contributed by atoms with Crippen LogP contribution in [-0.4, -0.2) is 0 Å². The highest BCUT2D eigenvalue weighted by atomic mass is 32.1. The molecule has 31 heavy (non-hydrogen) atoms. The van der Waals surface area contributed by atoms with Crippen molar-refractivity contribution in [2.24, 2.45) is 0 Å². The van der Waals surface area contributed by atoms with Crippen LogP contribution in [-0.2, 0) is 0 Å². The molecule has 0 unspecified atom stereocenters. The van der Waals surface area contributed by atoms with Crippen molar-refractivity contribution in [3.8, 4) is 0 Å². The average molecular weight is 431 g/mol. The van der Waals surface area contributed by atoms with Gasteiger partial charge in [-0.3, -0.25) is 0 Å². The molecule has 0 atom stereocenters. The second-order valence-corrected chi connectivity index (χ2v) is 10.2. The lowest BCUT2D eigenvalue weighted by Gasteiger charge is -2.05. The Morgan fingerprint density at radius 3 is 1.61 bits per heavy atom. The van der Waals surface area contributed by atoms with Crippen molar-refractivity contribution in [2.45, 2.75) is 11.8 Å². The van der Waals surface area contributed by atoms with E-state index < -0.39 is 0 Å². The first-order valence-electron chi connectivity index (χ1n) is 10.5. The van der Waals surface area contributed by atoms with Crippen molar-refractivity contribution in [2.75, 3.05) is 0 Å². The highest BCUT2D eigenvalue weighted by Crippen LogP contribution is 2.40. The fraction of sp³-hybridized carbons (Fsp3) is 0.0345. The monoisotopic (exact) mass is 430 g/mol. The third-order valence-corrected chi connectivity index (χ3v) is 7.83. The molecule has 0 saturated carbocycles. The first kappa shape index (κ1) is 17.6. The van der Waals surface area contributed by atoms with E-state index >= 15 is 0 Å². The summed E-state index contributed by atoms with van der Waals surface area (Å²) < 4.78 is 2.70. The topological polar surface area (TPSA) is 0 Å². The number of benzene rings is 6. The lowest BCUT2D eigenvalue weighted by atomic mass is 9.99. The molecule has 0 saturated heterocycles. The average Bonchev–Trinajstić information content (AvgIpc) is 3.09. The van der Waals surface area contributed by atoms with Gasteiger partial charge in [0.05, 0.1) is 0 Å². The molecule has 0 aliphatic rings. The molecule has 0 amide bonds. The Balaban J connectivity index is 1.56. The predicted octanol–water partition coefficient (Wildman–Crippen LogP) is 9.26. The summed E-state index contributed by atoms with van der Waals surface area (Å²) in [5, 5.41) is 13.0. The molecule has 0 nitrogen and oxygen atoms in total. The third-order valence-electron chi connectivity index (χ3n) is 6.44. The second-order valence-electron chi connectivity index (χ2n) is 8.58. The van der Waals surface area contributed by atoms with E-state index in [-0.39, 0.29) is 0 Å². The van der Waals surface area contributed by atoms with Crippen LogP contribution in [0, 0.1) is 6.92 Å². The molecule has 2 heteroatoms. The molecule has 146 valence electrons. The SMILES string of the molecule is Cc1ccc2cc3cc4sc5cc6cc7ccc(S)cc7cc6cc5c4cc3cc2c1. The summed E-state index contributed by atoms with van der Waals surface area (Å²) in [5.74, 6) is 0. The van der Waals surface area contributed by atoms with Crippen molar-refractivity contribution < 1.29 is 0 Å². The highest BCUT2D eigenvalue weighted by Gasteiger charge is 2.10. The molecular weight excluding hydrogens is 412 g/mol. The summed E-state index contributed by atoms with van der Waals surface area (Å²) in [4.78, 5) is 1.00. The van der Waals surface area contributed by atoms with Crippen LogP contribution in [0.25, 0.3) is 63.3 Å². The Morgan fingerprint density at radius 1 is 0.484 bits per heavy atom. The summed E-state index contributed by atoms with van der Waals surface area (Å²) in [6.07, 6.45) is 0. The molecule has 0 aliphatic heterocycles. The number of thiophene rings is 1. The molecule has 1 heterocycles. The van der Waals surface area contributed by atoms with E-state index in [9.17, 15) is 0 Å². The number of thiol groups is 1. The van der Waals surface area contributed by atoms with Crippen LogP contribution >= 0.6 is 24.0 Å². The van der Waals surface area contributed by atoms with Gasteiger partial charge in [-0.2, -0.15) is 0 Å². The summed E-state index contributed by atoms with van der Waals surface area (Å²) in [6, 6.07) is 31.8. The van der Waals surface area contributed by atoms with Gasteiger partial charge in [-0.05, 0) is 111 Å². The van der Waals surface area contributed by atoms with Gasteiger partial charge in [0.25, 0.3) is 0 Å². The van der Waals surface area contributed by atoms with Gasteiger partial charge in [-0.15, -0.1) is 24.0 Å². The molecule has 7 aromatic rings. The van der Waals surface area contributed by atoms with Gasteiger partial charge in [-0.25, -0.2) is 0 Å². The first-order valence-corrected chi connectivity index (χ1v) is 11.7. The molecule has 0 N–H and O–H groups in total. The van der Waals surface area contributed by atoms with Crippen molar-refractivity contribution in [3.05, 3.63) is 90.5 Å². The Kier molecular flexibility index (Phi) is 3.53. The second kappa shape index (κ2) is 6.23. The molecule has 1 aromatic heterocycles. The van der Waals surface area contributed by atoms with Crippen LogP contribution in [0.15, 0.2) is 89.8 Å². The van der Waals surface area contributed by atoms with E-state index in [1.165, 1.54) is 68.8 Å². The molecule has 0 aliphatic carbocycles. The van der Waals surface area contributed by atoms with E-state index in [0.717, 1.165) is 4.90 Å². The Hall–Kier alpha value is -3.07. The smallest absolute Gasteiger partial charge is 0.0361 e. The van der Waals surface area contributed by atoms with Crippen molar-refractivity contribution >= 4 is 87.2 Å². The quantitative estimate of drug-likeness (QED) is 0.180. The maximum Gasteiger partial charge on any atom is 0.0361 e. The summed E-state index contributed by atoms with van der Waals surface area (Å²) in [7, 11) is 0. The minimum atomic E-state index is 1.00. The Morgan fingerprint density at radius 2 is 0.968 bits per heavy atom. The number of aryl methyl sites for hydroxylation is 1. The maximum absolute atomic E-state index is 4.52. The van der Waals surface area contributed by atoms with E-state index in [0.29, 0.717) is 0 Å². The number of rotatable bonds is 0. The molecule has 7 rings (SSSR count). The van der Waals surface area contributed by atoms with E-state index in [1.54, 1.807) is 0 Å². The van der Waals surface area contributed by atoms with Crippen LogP contribution in [0.1, 0.15) is 5.56 Å². The fourth-order valence-electron chi connectivity index (χ4n) is 4.87. The van der Waals surface area contributed by atoms with Gasteiger partial charge in [0, 0.05) is 25.1 Å². The first-order chi connectivity index (χ1) is 15.1. The van der Waals surface area contributed by atoms with Gasteiger partial charge in [0.2, 0.25) is 0 Å².